The number of nitrogen functional groups attached to an aromatic ring is 1. The molecular formula is C17H17N5O5. The van der Waals surface area contributed by atoms with Crippen molar-refractivity contribution >= 4 is 17.1 Å². The molecule has 4 heterocycles. The largest absolute Gasteiger partial charge is 0.394 e. The van der Waals surface area contributed by atoms with E-state index in [0.29, 0.717) is 0 Å². The minimum atomic E-state index is -0.667. The number of aliphatic hydroxyl groups is 1. The Labute approximate surface area is 152 Å². The van der Waals surface area contributed by atoms with Crippen LogP contribution in [0, 0.1) is 0 Å². The third kappa shape index (κ3) is 2.53. The SMILES string of the molecule is Nc1nc2c(ncn2[C@@H]2O[C@H](CO)[C@H]3OC(c4ccccc4)O[C@H]32)c(=O)[nH]1. The third-order valence-corrected chi connectivity index (χ3v) is 4.82. The first-order chi connectivity index (χ1) is 13.2. The number of aromatic amines is 1. The summed E-state index contributed by atoms with van der Waals surface area (Å²) in [5, 5.41) is 9.71. The van der Waals surface area contributed by atoms with Gasteiger partial charge in [0.1, 0.15) is 18.3 Å². The molecule has 2 aliphatic heterocycles. The van der Waals surface area contributed by atoms with Crippen LogP contribution in [-0.2, 0) is 14.2 Å². The van der Waals surface area contributed by atoms with Crippen LogP contribution in [0.3, 0.4) is 0 Å². The molecule has 27 heavy (non-hydrogen) atoms. The van der Waals surface area contributed by atoms with Gasteiger partial charge in [0.2, 0.25) is 5.95 Å². The van der Waals surface area contributed by atoms with Gasteiger partial charge < -0.3 is 25.1 Å². The normalized spacial score (nSPS) is 30.0. The monoisotopic (exact) mass is 371 g/mol. The molecule has 2 fully saturated rings. The summed E-state index contributed by atoms with van der Waals surface area (Å²) in [5.74, 6) is -0.0201. The number of hydrogen-bond donors (Lipinski definition) is 3. The second kappa shape index (κ2) is 6.13. The van der Waals surface area contributed by atoms with Crippen molar-refractivity contribution < 1.29 is 19.3 Å². The highest BCUT2D eigenvalue weighted by atomic mass is 16.8. The van der Waals surface area contributed by atoms with Crippen LogP contribution in [0.1, 0.15) is 18.1 Å². The van der Waals surface area contributed by atoms with E-state index in [-0.39, 0.29) is 23.7 Å². The van der Waals surface area contributed by atoms with Crippen molar-refractivity contribution in [1.29, 1.82) is 0 Å². The third-order valence-electron chi connectivity index (χ3n) is 4.82. The standard InChI is InChI=1S/C17H17N5O5/c18-17-20-13-10(14(24)21-17)19-7-22(13)15-12-11(9(6-23)25-15)26-16(27-12)8-4-2-1-3-5-8/h1-5,7,9,11-12,15-16,23H,6H2,(H3,18,20,21,24)/t9-,11-,12-,15-,16?/m1/s1. The number of nitrogens with zero attached hydrogens (tertiary/aromatic N) is 3. The Bertz CT molecular complexity index is 1040. The van der Waals surface area contributed by atoms with E-state index >= 15 is 0 Å². The highest BCUT2D eigenvalue weighted by Crippen LogP contribution is 2.44. The fourth-order valence-electron chi connectivity index (χ4n) is 3.60. The number of ether oxygens (including phenoxy) is 3. The Morgan fingerprint density at radius 2 is 1.96 bits per heavy atom. The molecule has 0 spiro atoms. The summed E-state index contributed by atoms with van der Waals surface area (Å²) in [7, 11) is 0. The van der Waals surface area contributed by atoms with Crippen molar-refractivity contribution in [2.45, 2.75) is 30.8 Å². The van der Waals surface area contributed by atoms with Gasteiger partial charge in [-0.3, -0.25) is 14.3 Å². The van der Waals surface area contributed by atoms with Gasteiger partial charge in [0.05, 0.1) is 12.9 Å². The van der Waals surface area contributed by atoms with Gasteiger partial charge in [-0.25, -0.2) is 4.98 Å². The molecule has 2 aromatic heterocycles. The van der Waals surface area contributed by atoms with E-state index in [1.807, 2.05) is 30.3 Å². The molecule has 5 atom stereocenters. The zero-order valence-corrected chi connectivity index (χ0v) is 14.1. The van der Waals surface area contributed by atoms with Crippen LogP contribution in [-0.4, -0.2) is 49.5 Å². The molecular weight excluding hydrogens is 354 g/mol. The number of hydrogen-bond acceptors (Lipinski definition) is 8. The molecule has 10 heteroatoms. The number of imidazole rings is 1. The average Bonchev–Trinajstić information content (AvgIpc) is 3.35. The van der Waals surface area contributed by atoms with E-state index in [1.165, 1.54) is 6.33 Å². The molecule has 0 aliphatic carbocycles. The van der Waals surface area contributed by atoms with Crippen molar-refractivity contribution in [2.24, 2.45) is 0 Å². The summed E-state index contributed by atoms with van der Waals surface area (Å²) >= 11 is 0. The van der Waals surface area contributed by atoms with Crippen molar-refractivity contribution in [3.05, 3.63) is 52.6 Å². The van der Waals surface area contributed by atoms with Crippen LogP contribution in [0.5, 0.6) is 0 Å². The topological polar surface area (TPSA) is 138 Å². The minimum absolute atomic E-state index is 0.0201. The van der Waals surface area contributed by atoms with Crippen molar-refractivity contribution in [3.8, 4) is 0 Å². The lowest BCUT2D eigenvalue weighted by atomic mass is 10.1. The lowest BCUT2D eigenvalue weighted by Gasteiger charge is -2.20. The molecule has 0 amide bonds. The van der Waals surface area contributed by atoms with E-state index in [1.54, 1.807) is 4.57 Å². The van der Waals surface area contributed by atoms with E-state index < -0.39 is 36.4 Å². The maximum Gasteiger partial charge on any atom is 0.280 e. The summed E-state index contributed by atoms with van der Waals surface area (Å²) in [6, 6.07) is 9.52. The summed E-state index contributed by atoms with van der Waals surface area (Å²) in [4.78, 5) is 22.7. The number of nitrogens with one attached hydrogen (secondary N) is 1. The predicted octanol–water partition coefficient (Wildman–Crippen LogP) is 0.0743. The number of aliphatic hydroxyl groups excluding tert-OH is 1. The number of aromatic nitrogens is 4. The molecule has 2 aliphatic rings. The van der Waals surface area contributed by atoms with Crippen LogP contribution < -0.4 is 11.3 Å². The fraction of sp³-hybridized carbons (Fsp3) is 0.353. The Morgan fingerprint density at radius 1 is 1.19 bits per heavy atom. The highest BCUT2D eigenvalue weighted by molar-refractivity contribution is 5.70. The number of H-pyrrole nitrogens is 1. The van der Waals surface area contributed by atoms with Gasteiger partial charge in [-0.05, 0) is 0 Å². The second-order valence-corrected chi connectivity index (χ2v) is 6.47. The van der Waals surface area contributed by atoms with Gasteiger partial charge in [-0.2, -0.15) is 4.98 Å². The maximum absolute atomic E-state index is 12.0. The number of anilines is 1. The molecule has 10 nitrogen and oxygen atoms in total. The second-order valence-electron chi connectivity index (χ2n) is 6.47. The van der Waals surface area contributed by atoms with Crippen LogP contribution in [0.4, 0.5) is 5.95 Å². The molecule has 0 radical (unpaired) electrons. The van der Waals surface area contributed by atoms with E-state index in [4.69, 9.17) is 19.9 Å². The average molecular weight is 371 g/mol. The van der Waals surface area contributed by atoms with Crippen LogP contribution in [0.25, 0.3) is 11.2 Å². The Balaban J connectivity index is 1.53. The van der Waals surface area contributed by atoms with Crippen LogP contribution >= 0.6 is 0 Å². The van der Waals surface area contributed by atoms with Crippen LogP contribution in [0.15, 0.2) is 41.5 Å². The zero-order chi connectivity index (χ0) is 18.5. The highest BCUT2D eigenvalue weighted by Gasteiger charge is 2.53. The summed E-state index contributed by atoms with van der Waals surface area (Å²) in [6.07, 6.45) is -1.34. The Kier molecular flexibility index (Phi) is 3.72. The van der Waals surface area contributed by atoms with Crippen LogP contribution in [0.2, 0.25) is 0 Å². The quantitative estimate of drug-likeness (QED) is 0.588. The molecule has 0 saturated carbocycles. The first-order valence-corrected chi connectivity index (χ1v) is 8.50. The van der Waals surface area contributed by atoms with E-state index in [0.717, 1.165) is 5.56 Å². The summed E-state index contributed by atoms with van der Waals surface area (Å²) < 4.78 is 19.6. The number of rotatable bonds is 3. The number of benzene rings is 1. The summed E-state index contributed by atoms with van der Waals surface area (Å²) in [6.45, 7) is -0.231. The Morgan fingerprint density at radius 3 is 2.74 bits per heavy atom. The van der Waals surface area contributed by atoms with E-state index in [9.17, 15) is 9.90 Å². The van der Waals surface area contributed by atoms with Gasteiger partial charge in [0, 0.05) is 5.56 Å². The van der Waals surface area contributed by atoms with Gasteiger partial charge in [0.25, 0.3) is 5.56 Å². The molecule has 0 bridgehead atoms. The van der Waals surface area contributed by atoms with Crippen molar-refractivity contribution in [3.63, 3.8) is 0 Å². The maximum atomic E-state index is 12.0. The molecule has 4 N–H and O–H groups in total. The summed E-state index contributed by atoms with van der Waals surface area (Å²) in [5.41, 5.74) is 6.53. The zero-order valence-electron chi connectivity index (χ0n) is 14.1. The first-order valence-electron chi connectivity index (χ1n) is 8.50. The molecule has 2 saturated heterocycles. The number of fused-ring (bicyclic) bond motifs is 2. The van der Waals surface area contributed by atoms with E-state index in [2.05, 4.69) is 15.0 Å². The lowest BCUT2D eigenvalue weighted by Crippen LogP contribution is -2.30. The first kappa shape index (κ1) is 16.4. The smallest absolute Gasteiger partial charge is 0.280 e. The lowest BCUT2D eigenvalue weighted by molar-refractivity contribution is -0.153. The van der Waals surface area contributed by atoms with Gasteiger partial charge in [0.15, 0.2) is 23.7 Å². The minimum Gasteiger partial charge on any atom is -0.394 e. The fourth-order valence-corrected chi connectivity index (χ4v) is 3.60. The number of nitrogens with two attached hydrogens (primary N) is 1. The van der Waals surface area contributed by atoms with Crippen molar-refractivity contribution in [2.75, 3.05) is 12.3 Å². The molecule has 1 aromatic carbocycles. The molecule has 140 valence electrons. The molecule has 5 rings (SSSR count). The van der Waals surface area contributed by atoms with Gasteiger partial charge in [-0.1, -0.05) is 30.3 Å². The Hall–Kier alpha value is -2.79. The van der Waals surface area contributed by atoms with Gasteiger partial charge >= 0.3 is 0 Å². The predicted molar refractivity (Wildman–Crippen MR) is 92.5 cm³/mol. The molecule has 1 unspecified atom stereocenters. The molecule has 3 aromatic rings. The van der Waals surface area contributed by atoms with Gasteiger partial charge in [-0.15, -0.1) is 0 Å². The van der Waals surface area contributed by atoms with Crippen molar-refractivity contribution in [1.82, 2.24) is 19.5 Å².